The van der Waals surface area contributed by atoms with E-state index in [0.717, 1.165) is 5.56 Å². The van der Waals surface area contributed by atoms with Crippen LogP contribution in [0.2, 0.25) is 0 Å². The zero-order chi connectivity index (χ0) is 21.3. The Labute approximate surface area is 170 Å². The van der Waals surface area contributed by atoms with E-state index < -0.39 is 4.92 Å². The molecule has 0 aliphatic carbocycles. The van der Waals surface area contributed by atoms with E-state index >= 15 is 0 Å². The Kier molecular flexibility index (Phi) is 4.85. The van der Waals surface area contributed by atoms with E-state index in [4.69, 9.17) is 0 Å². The molecular formula is C21H17N5O4. The summed E-state index contributed by atoms with van der Waals surface area (Å²) in [4.78, 5) is 39.6. The lowest BCUT2D eigenvalue weighted by molar-refractivity contribution is -0.384. The average Bonchev–Trinajstić information content (AvgIpc) is 2.99. The molecule has 0 atom stereocenters. The quantitative estimate of drug-likeness (QED) is 0.406. The number of non-ortho nitro benzene ring substituents is 1. The minimum atomic E-state index is -0.505. The largest absolute Gasteiger partial charge is 0.335 e. The molecule has 9 nitrogen and oxygen atoms in total. The summed E-state index contributed by atoms with van der Waals surface area (Å²) in [6.45, 7) is 1.67. The van der Waals surface area contributed by atoms with Gasteiger partial charge in [-0.05, 0) is 35.9 Å². The van der Waals surface area contributed by atoms with Crippen LogP contribution in [0.25, 0.3) is 16.9 Å². The van der Waals surface area contributed by atoms with E-state index in [0.29, 0.717) is 22.5 Å². The molecule has 1 N–H and O–H groups in total. The summed E-state index contributed by atoms with van der Waals surface area (Å²) in [6, 6.07) is 16.6. The summed E-state index contributed by atoms with van der Waals surface area (Å²) in [5.41, 5.74) is 2.33. The highest BCUT2D eigenvalue weighted by atomic mass is 16.6. The number of pyridine rings is 1. The van der Waals surface area contributed by atoms with Gasteiger partial charge in [-0.2, -0.15) is 0 Å². The molecule has 1 amide bonds. The van der Waals surface area contributed by atoms with Gasteiger partial charge in [0.05, 0.1) is 22.7 Å². The Morgan fingerprint density at radius 1 is 1.13 bits per heavy atom. The van der Waals surface area contributed by atoms with E-state index in [1.54, 1.807) is 47.2 Å². The lowest BCUT2D eigenvalue weighted by Crippen LogP contribution is -2.24. The summed E-state index contributed by atoms with van der Waals surface area (Å²) < 4.78 is 2.91. The van der Waals surface area contributed by atoms with Crippen LogP contribution in [-0.4, -0.2) is 24.9 Å². The van der Waals surface area contributed by atoms with Gasteiger partial charge < -0.3 is 5.32 Å². The molecule has 0 spiro atoms. The number of hydrogen-bond donors (Lipinski definition) is 1. The Morgan fingerprint density at radius 3 is 2.70 bits per heavy atom. The highest BCUT2D eigenvalue weighted by Gasteiger charge is 2.17. The number of nitrogens with one attached hydrogen (secondary N) is 1. The van der Waals surface area contributed by atoms with Crippen LogP contribution in [-0.2, 0) is 11.3 Å². The van der Waals surface area contributed by atoms with Crippen molar-refractivity contribution < 1.29 is 9.72 Å². The SMILES string of the molecule is CC(=O)Nc1cccc(Cn2c(=O)n(-c3cccc([N+](=O)[O-])c3)c3ncccc32)c1. The number of anilines is 1. The van der Waals surface area contributed by atoms with Gasteiger partial charge >= 0.3 is 5.69 Å². The van der Waals surface area contributed by atoms with E-state index in [1.807, 2.05) is 6.07 Å². The summed E-state index contributed by atoms with van der Waals surface area (Å²) in [6.07, 6.45) is 1.57. The van der Waals surface area contributed by atoms with Crippen LogP contribution in [0.4, 0.5) is 11.4 Å². The number of fused-ring (bicyclic) bond motifs is 1. The molecule has 0 radical (unpaired) electrons. The molecule has 4 aromatic rings. The number of amides is 1. The Bertz CT molecular complexity index is 1340. The fourth-order valence-electron chi connectivity index (χ4n) is 3.35. The first-order valence-electron chi connectivity index (χ1n) is 9.11. The average molecular weight is 403 g/mol. The van der Waals surface area contributed by atoms with Crippen molar-refractivity contribution in [3.8, 4) is 5.69 Å². The van der Waals surface area contributed by atoms with Crippen molar-refractivity contribution in [2.45, 2.75) is 13.5 Å². The fourth-order valence-corrected chi connectivity index (χ4v) is 3.35. The van der Waals surface area contributed by atoms with Crippen molar-refractivity contribution >= 4 is 28.4 Å². The minimum Gasteiger partial charge on any atom is -0.326 e. The lowest BCUT2D eigenvalue weighted by Gasteiger charge is -2.07. The van der Waals surface area contributed by atoms with Crippen molar-refractivity contribution in [3.63, 3.8) is 0 Å². The van der Waals surface area contributed by atoms with Gasteiger partial charge in [-0.3, -0.25) is 19.5 Å². The van der Waals surface area contributed by atoms with Gasteiger partial charge in [0.15, 0.2) is 5.65 Å². The number of nitro groups is 1. The van der Waals surface area contributed by atoms with Gasteiger partial charge in [-0.1, -0.05) is 18.2 Å². The van der Waals surface area contributed by atoms with E-state index in [9.17, 15) is 19.7 Å². The van der Waals surface area contributed by atoms with Crippen LogP contribution < -0.4 is 11.0 Å². The molecule has 0 aliphatic rings. The molecule has 2 heterocycles. The van der Waals surface area contributed by atoms with Gasteiger partial charge in [0, 0.05) is 30.9 Å². The van der Waals surface area contributed by atoms with Gasteiger partial charge in [0.1, 0.15) is 0 Å². The van der Waals surface area contributed by atoms with Crippen LogP contribution in [0.5, 0.6) is 0 Å². The maximum Gasteiger partial charge on any atom is 0.335 e. The molecule has 0 fully saturated rings. The van der Waals surface area contributed by atoms with Crippen LogP contribution in [0.15, 0.2) is 71.7 Å². The first-order valence-corrected chi connectivity index (χ1v) is 9.11. The van der Waals surface area contributed by atoms with Gasteiger partial charge in [0.2, 0.25) is 5.91 Å². The third kappa shape index (κ3) is 3.55. The number of aromatic nitrogens is 3. The monoisotopic (exact) mass is 403 g/mol. The van der Waals surface area contributed by atoms with E-state index in [-0.39, 0.29) is 23.8 Å². The Balaban J connectivity index is 1.84. The highest BCUT2D eigenvalue weighted by Crippen LogP contribution is 2.21. The normalized spacial score (nSPS) is 10.8. The topological polar surface area (TPSA) is 112 Å². The van der Waals surface area contributed by atoms with Crippen molar-refractivity contribution in [3.05, 3.63) is 93.0 Å². The molecule has 9 heteroatoms. The summed E-state index contributed by atoms with van der Waals surface area (Å²) >= 11 is 0. The number of nitrogens with zero attached hydrogens (tertiary/aromatic N) is 4. The van der Waals surface area contributed by atoms with Crippen LogP contribution in [0.3, 0.4) is 0 Å². The van der Waals surface area contributed by atoms with Gasteiger partial charge in [-0.25, -0.2) is 14.3 Å². The summed E-state index contributed by atoms with van der Waals surface area (Å²) in [7, 11) is 0. The van der Waals surface area contributed by atoms with Crippen LogP contribution in [0.1, 0.15) is 12.5 Å². The molecule has 2 aromatic carbocycles. The number of imidazole rings is 1. The first-order chi connectivity index (χ1) is 14.4. The molecule has 0 aliphatic heterocycles. The number of carbonyl (C=O) groups excluding carboxylic acids is 1. The smallest absolute Gasteiger partial charge is 0.326 e. The summed E-state index contributed by atoms with van der Waals surface area (Å²) in [5, 5.41) is 13.9. The standard InChI is InChI=1S/C21H17N5O4/c1-14(27)23-16-6-2-5-15(11-16)13-24-19-9-4-10-22-20(19)25(21(24)28)17-7-3-8-18(12-17)26(29)30/h2-12H,13H2,1H3,(H,23,27). The predicted molar refractivity (Wildman–Crippen MR) is 112 cm³/mol. The number of rotatable bonds is 5. The zero-order valence-corrected chi connectivity index (χ0v) is 16.0. The molecular weight excluding hydrogens is 386 g/mol. The molecule has 30 heavy (non-hydrogen) atoms. The molecule has 0 saturated heterocycles. The third-order valence-electron chi connectivity index (χ3n) is 4.58. The van der Waals surface area contributed by atoms with Crippen LogP contribution >= 0.6 is 0 Å². The fraction of sp³-hybridized carbons (Fsp3) is 0.0952. The maximum atomic E-state index is 13.3. The second-order valence-electron chi connectivity index (χ2n) is 6.71. The van der Waals surface area contributed by atoms with E-state index in [2.05, 4.69) is 10.3 Å². The lowest BCUT2D eigenvalue weighted by atomic mass is 10.2. The van der Waals surface area contributed by atoms with Crippen molar-refractivity contribution in [1.29, 1.82) is 0 Å². The molecule has 150 valence electrons. The summed E-state index contributed by atoms with van der Waals surface area (Å²) in [5.74, 6) is -0.184. The Hall–Kier alpha value is -4.27. The van der Waals surface area contributed by atoms with Crippen molar-refractivity contribution in [2.75, 3.05) is 5.32 Å². The molecule has 0 unspecified atom stereocenters. The minimum absolute atomic E-state index is 0.112. The maximum absolute atomic E-state index is 13.3. The van der Waals surface area contributed by atoms with Gasteiger partial charge in [0.25, 0.3) is 5.69 Å². The van der Waals surface area contributed by atoms with Crippen LogP contribution in [0, 0.1) is 10.1 Å². The second kappa shape index (κ2) is 7.63. The zero-order valence-electron chi connectivity index (χ0n) is 16.0. The van der Waals surface area contributed by atoms with Crippen molar-refractivity contribution in [2.24, 2.45) is 0 Å². The highest BCUT2D eigenvalue weighted by molar-refractivity contribution is 5.88. The molecule has 0 bridgehead atoms. The third-order valence-corrected chi connectivity index (χ3v) is 4.58. The van der Waals surface area contributed by atoms with Crippen molar-refractivity contribution in [1.82, 2.24) is 14.1 Å². The number of nitro benzene ring substituents is 1. The Morgan fingerprint density at radius 2 is 1.93 bits per heavy atom. The van der Waals surface area contributed by atoms with E-state index in [1.165, 1.54) is 29.7 Å². The molecule has 4 rings (SSSR count). The number of benzene rings is 2. The predicted octanol–water partition coefficient (Wildman–Crippen LogP) is 3.10. The molecule has 2 aromatic heterocycles. The number of hydrogen-bond acceptors (Lipinski definition) is 5. The first kappa shape index (κ1) is 19.1. The van der Waals surface area contributed by atoms with Gasteiger partial charge in [-0.15, -0.1) is 0 Å². The molecule has 0 saturated carbocycles. The number of carbonyl (C=O) groups is 1. The second-order valence-corrected chi connectivity index (χ2v) is 6.71.